The summed E-state index contributed by atoms with van der Waals surface area (Å²) in [7, 11) is 1.57. The van der Waals surface area contributed by atoms with Gasteiger partial charge in [0, 0.05) is 0 Å². The minimum atomic E-state index is -1.04. The molecule has 7 heteroatoms. The summed E-state index contributed by atoms with van der Waals surface area (Å²) in [6.07, 6.45) is 2.35. The van der Waals surface area contributed by atoms with E-state index in [1.807, 2.05) is 32.0 Å². The Kier molecular flexibility index (Phi) is 6.01. The number of benzene rings is 1. The van der Waals surface area contributed by atoms with Crippen molar-refractivity contribution in [1.82, 2.24) is 4.90 Å². The summed E-state index contributed by atoms with van der Waals surface area (Å²) in [6, 6.07) is 6.34. The summed E-state index contributed by atoms with van der Waals surface area (Å²) in [4.78, 5) is 26.0. The number of hydrogen-bond acceptors (Lipinski definition) is 5. The number of hydrogen-bond donors (Lipinski definition) is 1. The molecule has 0 saturated carbocycles. The van der Waals surface area contributed by atoms with E-state index in [1.165, 1.54) is 4.90 Å². The fourth-order valence-electron chi connectivity index (χ4n) is 2.43. The van der Waals surface area contributed by atoms with Crippen molar-refractivity contribution < 1.29 is 19.4 Å². The van der Waals surface area contributed by atoms with E-state index in [2.05, 4.69) is 0 Å². The number of methoxy groups -OCH3 is 1. The molecule has 0 unspecified atom stereocenters. The fourth-order valence-corrected chi connectivity index (χ4v) is 3.76. The summed E-state index contributed by atoms with van der Waals surface area (Å²) < 4.78 is 5.45. The van der Waals surface area contributed by atoms with E-state index in [0.29, 0.717) is 17.1 Å². The maximum absolute atomic E-state index is 12.7. The van der Waals surface area contributed by atoms with Gasteiger partial charge in [-0.1, -0.05) is 56.4 Å². The Morgan fingerprint density at radius 2 is 2.21 bits per heavy atom. The lowest BCUT2D eigenvalue weighted by molar-refractivity contribution is -0.147. The standard InChI is InChI=1S/C17H19NO4S2/c1-4-10(2)14(16(20)21)18-15(19)13(24-17(18)23)9-11-6-5-7-12(8-11)22-3/h5-10,14H,4H2,1-3H3,(H,20,21)/b13-9-/t10-,14-/m1/s1. The number of thiocarbonyl (C=S) groups is 1. The maximum atomic E-state index is 12.7. The number of aliphatic carboxylic acids is 1. The zero-order valence-corrected chi connectivity index (χ0v) is 15.3. The predicted octanol–water partition coefficient (Wildman–Crippen LogP) is 3.40. The molecule has 5 nitrogen and oxygen atoms in total. The first-order valence-corrected chi connectivity index (χ1v) is 8.75. The van der Waals surface area contributed by atoms with Crippen molar-refractivity contribution >= 4 is 46.3 Å². The number of ether oxygens (including phenoxy) is 1. The highest BCUT2D eigenvalue weighted by Crippen LogP contribution is 2.36. The van der Waals surface area contributed by atoms with Crippen LogP contribution in [0.5, 0.6) is 5.75 Å². The van der Waals surface area contributed by atoms with Gasteiger partial charge in [0.25, 0.3) is 5.91 Å². The van der Waals surface area contributed by atoms with Gasteiger partial charge in [-0.15, -0.1) is 0 Å². The van der Waals surface area contributed by atoms with Crippen molar-refractivity contribution in [2.24, 2.45) is 5.92 Å². The fraction of sp³-hybridized carbons (Fsp3) is 0.353. The summed E-state index contributed by atoms with van der Waals surface area (Å²) >= 11 is 6.39. The number of carbonyl (C=O) groups is 2. The SMILES string of the molecule is CC[C@@H](C)[C@H](C(=O)O)N1C(=O)/C(=C/c2cccc(OC)c2)SC1=S. The van der Waals surface area contributed by atoms with Crippen molar-refractivity contribution in [1.29, 1.82) is 0 Å². The molecule has 2 atom stereocenters. The van der Waals surface area contributed by atoms with Crippen LogP contribution in [0.3, 0.4) is 0 Å². The zero-order chi connectivity index (χ0) is 17.9. The first kappa shape index (κ1) is 18.5. The van der Waals surface area contributed by atoms with Gasteiger partial charge in [0.1, 0.15) is 16.1 Å². The van der Waals surface area contributed by atoms with Crippen LogP contribution < -0.4 is 4.74 Å². The third-order valence-corrected chi connectivity index (χ3v) is 5.26. The molecule has 128 valence electrons. The molecule has 0 aliphatic carbocycles. The number of rotatable bonds is 6. The Morgan fingerprint density at radius 1 is 1.50 bits per heavy atom. The maximum Gasteiger partial charge on any atom is 0.327 e. The summed E-state index contributed by atoms with van der Waals surface area (Å²) in [5.74, 6) is -0.910. The lowest BCUT2D eigenvalue weighted by atomic mass is 9.98. The summed E-state index contributed by atoms with van der Waals surface area (Å²) in [6.45, 7) is 3.70. The average Bonchev–Trinajstić information content (AvgIpc) is 2.82. The van der Waals surface area contributed by atoms with E-state index in [9.17, 15) is 14.7 Å². The molecule has 1 aromatic rings. The van der Waals surface area contributed by atoms with Gasteiger partial charge in [-0.3, -0.25) is 9.69 Å². The molecular weight excluding hydrogens is 346 g/mol. The molecule has 1 aliphatic heterocycles. The number of nitrogens with zero attached hydrogens (tertiary/aromatic N) is 1. The minimum absolute atomic E-state index is 0.193. The van der Waals surface area contributed by atoms with E-state index >= 15 is 0 Å². The Hall–Kier alpha value is -1.86. The topological polar surface area (TPSA) is 66.8 Å². The molecule has 1 amide bonds. The third-order valence-electron chi connectivity index (χ3n) is 3.93. The zero-order valence-electron chi connectivity index (χ0n) is 13.7. The van der Waals surface area contributed by atoms with Crippen molar-refractivity contribution in [3.8, 4) is 5.75 Å². The van der Waals surface area contributed by atoms with Crippen molar-refractivity contribution in [2.45, 2.75) is 26.3 Å². The van der Waals surface area contributed by atoms with Crippen molar-refractivity contribution in [3.63, 3.8) is 0 Å². The molecule has 1 fully saturated rings. The summed E-state index contributed by atoms with van der Waals surface area (Å²) in [5.41, 5.74) is 0.797. The molecular formula is C17H19NO4S2. The number of thioether (sulfide) groups is 1. The van der Waals surface area contributed by atoms with Crippen LogP contribution in [-0.2, 0) is 9.59 Å². The Balaban J connectivity index is 2.33. The Bertz CT molecular complexity index is 702. The van der Waals surface area contributed by atoms with Gasteiger partial charge in [-0.2, -0.15) is 0 Å². The van der Waals surface area contributed by atoms with Crippen molar-refractivity contribution in [3.05, 3.63) is 34.7 Å². The van der Waals surface area contributed by atoms with Crippen LogP contribution in [0.25, 0.3) is 6.08 Å². The monoisotopic (exact) mass is 365 g/mol. The van der Waals surface area contributed by atoms with E-state index in [-0.39, 0.29) is 16.1 Å². The molecule has 1 aromatic carbocycles. The number of carbonyl (C=O) groups excluding carboxylic acids is 1. The predicted molar refractivity (Wildman–Crippen MR) is 98.9 cm³/mol. The minimum Gasteiger partial charge on any atom is -0.497 e. The quantitative estimate of drug-likeness (QED) is 0.616. The highest BCUT2D eigenvalue weighted by molar-refractivity contribution is 8.26. The number of amides is 1. The highest BCUT2D eigenvalue weighted by atomic mass is 32.2. The van der Waals surface area contributed by atoms with E-state index in [1.54, 1.807) is 19.3 Å². The van der Waals surface area contributed by atoms with Crippen LogP contribution in [-0.4, -0.2) is 39.4 Å². The van der Waals surface area contributed by atoms with Gasteiger partial charge >= 0.3 is 5.97 Å². The third kappa shape index (κ3) is 3.79. The first-order valence-electron chi connectivity index (χ1n) is 7.53. The van der Waals surface area contributed by atoms with Crippen LogP contribution >= 0.6 is 24.0 Å². The lowest BCUT2D eigenvalue weighted by Gasteiger charge is -2.27. The molecule has 1 N–H and O–H groups in total. The smallest absolute Gasteiger partial charge is 0.327 e. The molecule has 2 rings (SSSR count). The second-order valence-electron chi connectivity index (χ2n) is 5.50. The molecule has 0 radical (unpaired) electrons. The van der Waals surface area contributed by atoms with Crippen LogP contribution in [0.4, 0.5) is 0 Å². The van der Waals surface area contributed by atoms with E-state index in [4.69, 9.17) is 17.0 Å². The highest BCUT2D eigenvalue weighted by Gasteiger charge is 2.42. The Labute approximate surface area is 150 Å². The number of carboxylic acid groups (broad SMARTS) is 1. The van der Waals surface area contributed by atoms with Crippen LogP contribution in [0.1, 0.15) is 25.8 Å². The Morgan fingerprint density at radius 3 is 2.79 bits per heavy atom. The number of carboxylic acids is 1. The second-order valence-corrected chi connectivity index (χ2v) is 7.17. The largest absolute Gasteiger partial charge is 0.497 e. The van der Waals surface area contributed by atoms with Gasteiger partial charge in [0.15, 0.2) is 0 Å². The van der Waals surface area contributed by atoms with Gasteiger partial charge in [-0.25, -0.2) is 4.79 Å². The van der Waals surface area contributed by atoms with Crippen LogP contribution in [0, 0.1) is 5.92 Å². The van der Waals surface area contributed by atoms with Gasteiger partial charge in [0.05, 0.1) is 12.0 Å². The van der Waals surface area contributed by atoms with Gasteiger partial charge in [0.2, 0.25) is 0 Å². The normalized spacial score (nSPS) is 18.8. The van der Waals surface area contributed by atoms with E-state index < -0.39 is 12.0 Å². The molecule has 1 aliphatic rings. The average molecular weight is 365 g/mol. The molecule has 1 heterocycles. The first-order chi connectivity index (χ1) is 11.4. The van der Waals surface area contributed by atoms with Crippen molar-refractivity contribution in [2.75, 3.05) is 7.11 Å². The lowest BCUT2D eigenvalue weighted by Crippen LogP contribution is -2.47. The van der Waals surface area contributed by atoms with Crippen LogP contribution in [0.2, 0.25) is 0 Å². The van der Waals surface area contributed by atoms with Crippen LogP contribution in [0.15, 0.2) is 29.2 Å². The molecule has 0 spiro atoms. The molecule has 1 saturated heterocycles. The molecule has 0 aromatic heterocycles. The van der Waals surface area contributed by atoms with Gasteiger partial charge in [-0.05, 0) is 29.7 Å². The molecule has 0 bridgehead atoms. The summed E-state index contributed by atoms with van der Waals surface area (Å²) in [5, 5.41) is 9.52. The second kappa shape index (κ2) is 7.81. The van der Waals surface area contributed by atoms with Gasteiger partial charge < -0.3 is 9.84 Å². The molecule has 24 heavy (non-hydrogen) atoms. The van der Waals surface area contributed by atoms with E-state index in [0.717, 1.165) is 17.3 Å².